The minimum atomic E-state index is -0.200. The lowest BCUT2D eigenvalue weighted by atomic mass is 9.89. The van der Waals surface area contributed by atoms with Crippen molar-refractivity contribution < 1.29 is 14.3 Å². The highest BCUT2D eigenvalue weighted by atomic mass is 16.5. The smallest absolute Gasteiger partial charge is 0.243 e. The lowest BCUT2D eigenvalue weighted by Crippen LogP contribution is -2.44. The lowest BCUT2D eigenvalue weighted by molar-refractivity contribution is -0.134. The number of hydrogen-bond donors (Lipinski definition) is 1. The van der Waals surface area contributed by atoms with E-state index >= 15 is 0 Å². The Hall–Kier alpha value is -2.08. The molecule has 0 bridgehead atoms. The minimum absolute atomic E-state index is 0.0171. The molecule has 154 valence electrons. The third-order valence-electron chi connectivity index (χ3n) is 5.78. The Bertz CT molecular complexity index is 669. The molecule has 2 aliphatic carbocycles. The number of amides is 2. The Kier molecular flexibility index (Phi) is 7.31. The minimum Gasteiger partial charge on any atom is -0.497 e. The molecule has 0 saturated heterocycles. The molecule has 0 aliphatic heterocycles. The van der Waals surface area contributed by atoms with Crippen LogP contribution in [0.2, 0.25) is 0 Å². The van der Waals surface area contributed by atoms with E-state index in [9.17, 15) is 9.59 Å². The monoisotopic (exact) mass is 387 g/mol. The maximum atomic E-state index is 12.7. The van der Waals surface area contributed by atoms with E-state index in [0.717, 1.165) is 12.5 Å². The summed E-state index contributed by atoms with van der Waals surface area (Å²) >= 11 is 0. The van der Waals surface area contributed by atoms with Gasteiger partial charge in [0.15, 0.2) is 0 Å². The molecule has 0 spiro atoms. The van der Waals surface area contributed by atoms with Crippen LogP contribution in [0.25, 0.3) is 0 Å². The quantitative estimate of drug-likeness (QED) is 0.707. The number of ether oxygens (including phenoxy) is 1. The second-order valence-electron chi connectivity index (χ2n) is 8.19. The fraction of sp³-hybridized carbons (Fsp3) is 0.636. The van der Waals surface area contributed by atoms with Crippen LogP contribution in [0.15, 0.2) is 24.3 Å². The summed E-state index contributed by atoms with van der Waals surface area (Å²) in [6.45, 7) is 1.50. The van der Waals surface area contributed by atoms with E-state index in [1.807, 2.05) is 12.1 Å². The Labute approximate surface area is 168 Å². The molecule has 0 heterocycles. The molecule has 6 nitrogen and oxygen atoms in total. The first-order valence-electron chi connectivity index (χ1n) is 10.5. The number of benzene rings is 1. The standard InChI is InChI=1S/C22H33N3O3/c1-24(15-21(26)23-18-9-6-10-20(13-18)28-2)22(27)16-25(19-11-12-19)14-17-7-4-3-5-8-17/h6,9-10,13,17,19H,3-5,7-8,11-12,14-16H2,1-2H3,(H,23,26). The summed E-state index contributed by atoms with van der Waals surface area (Å²) < 4.78 is 5.17. The van der Waals surface area contributed by atoms with Crippen molar-refractivity contribution in [3.05, 3.63) is 24.3 Å². The van der Waals surface area contributed by atoms with Crippen molar-refractivity contribution in [1.29, 1.82) is 0 Å². The number of likely N-dealkylation sites (N-methyl/N-ethyl adjacent to an activating group) is 1. The molecule has 2 fully saturated rings. The molecule has 1 N–H and O–H groups in total. The number of methoxy groups -OCH3 is 1. The van der Waals surface area contributed by atoms with Crippen LogP contribution in [0.1, 0.15) is 44.9 Å². The fourth-order valence-corrected chi connectivity index (χ4v) is 3.98. The highest BCUT2D eigenvalue weighted by molar-refractivity contribution is 5.94. The molecule has 2 amide bonds. The first-order chi connectivity index (χ1) is 13.5. The van der Waals surface area contributed by atoms with Gasteiger partial charge in [0.1, 0.15) is 5.75 Å². The van der Waals surface area contributed by atoms with E-state index in [0.29, 0.717) is 24.0 Å². The summed E-state index contributed by atoms with van der Waals surface area (Å²) in [6, 6.07) is 7.77. The van der Waals surface area contributed by atoms with Crippen molar-refractivity contribution in [2.45, 2.75) is 51.0 Å². The topological polar surface area (TPSA) is 61.9 Å². The van der Waals surface area contributed by atoms with Crippen molar-refractivity contribution in [2.24, 2.45) is 5.92 Å². The maximum absolute atomic E-state index is 12.7. The Morgan fingerprint density at radius 2 is 1.86 bits per heavy atom. The van der Waals surface area contributed by atoms with E-state index in [-0.39, 0.29) is 18.4 Å². The van der Waals surface area contributed by atoms with Crippen LogP contribution in [-0.2, 0) is 9.59 Å². The van der Waals surface area contributed by atoms with Crippen molar-refractivity contribution in [3.8, 4) is 5.75 Å². The van der Waals surface area contributed by atoms with Gasteiger partial charge in [-0.25, -0.2) is 0 Å². The van der Waals surface area contributed by atoms with Crippen LogP contribution in [0.3, 0.4) is 0 Å². The van der Waals surface area contributed by atoms with E-state index in [2.05, 4.69) is 10.2 Å². The number of rotatable bonds is 9. The van der Waals surface area contributed by atoms with E-state index in [4.69, 9.17) is 4.74 Å². The van der Waals surface area contributed by atoms with Gasteiger partial charge in [0.25, 0.3) is 0 Å². The number of carbonyl (C=O) groups excluding carboxylic acids is 2. The van der Waals surface area contributed by atoms with Gasteiger partial charge < -0.3 is 15.0 Å². The number of carbonyl (C=O) groups is 2. The summed E-state index contributed by atoms with van der Waals surface area (Å²) in [6.07, 6.45) is 8.96. The molecular weight excluding hydrogens is 354 g/mol. The van der Waals surface area contributed by atoms with Crippen LogP contribution in [0.4, 0.5) is 5.69 Å². The second-order valence-corrected chi connectivity index (χ2v) is 8.19. The van der Waals surface area contributed by atoms with Gasteiger partial charge in [0, 0.05) is 31.4 Å². The molecule has 0 unspecified atom stereocenters. The van der Waals surface area contributed by atoms with Gasteiger partial charge in [0.2, 0.25) is 11.8 Å². The molecule has 1 aromatic rings. The predicted octanol–water partition coefficient (Wildman–Crippen LogP) is 3.14. The second kappa shape index (κ2) is 9.92. The maximum Gasteiger partial charge on any atom is 0.243 e. The van der Waals surface area contributed by atoms with Crippen LogP contribution in [0.5, 0.6) is 5.75 Å². The van der Waals surface area contributed by atoms with Crippen molar-refractivity contribution in [2.75, 3.05) is 39.1 Å². The highest BCUT2D eigenvalue weighted by Gasteiger charge is 2.32. The number of nitrogens with zero attached hydrogens (tertiary/aromatic N) is 2. The molecular formula is C22H33N3O3. The zero-order chi connectivity index (χ0) is 19.9. The Balaban J connectivity index is 1.47. The predicted molar refractivity (Wildman–Crippen MR) is 110 cm³/mol. The fourth-order valence-electron chi connectivity index (χ4n) is 3.98. The van der Waals surface area contributed by atoms with Crippen LogP contribution < -0.4 is 10.1 Å². The summed E-state index contributed by atoms with van der Waals surface area (Å²) in [5.74, 6) is 1.23. The molecule has 2 aliphatic rings. The summed E-state index contributed by atoms with van der Waals surface area (Å²) in [7, 11) is 3.30. The third-order valence-corrected chi connectivity index (χ3v) is 5.78. The SMILES string of the molecule is COc1cccc(NC(=O)CN(C)C(=O)CN(CC2CCCCC2)C2CC2)c1. The van der Waals surface area contributed by atoms with E-state index in [1.165, 1.54) is 49.8 Å². The van der Waals surface area contributed by atoms with Gasteiger partial charge in [-0.15, -0.1) is 0 Å². The van der Waals surface area contributed by atoms with Crippen LogP contribution in [-0.4, -0.2) is 61.4 Å². The van der Waals surface area contributed by atoms with Crippen LogP contribution >= 0.6 is 0 Å². The van der Waals surface area contributed by atoms with Gasteiger partial charge >= 0.3 is 0 Å². The lowest BCUT2D eigenvalue weighted by Gasteiger charge is -2.30. The molecule has 0 atom stereocenters. The van der Waals surface area contributed by atoms with E-state index in [1.54, 1.807) is 26.3 Å². The molecule has 1 aromatic carbocycles. The zero-order valence-corrected chi connectivity index (χ0v) is 17.2. The first-order valence-corrected chi connectivity index (χ1v) is 10.5. The normalized spacial score (nSPS) is 17.4. The molecule has 0 aromatic heterocycles. The summed E-state index contributed by atoms with van der Waals surface area (Å²) in [4.78, 5) is 28.9. The largest absolute Gasteiger partial charge is 0.497 e. The number of nitrogens with one attached hydrogen (secondary N) is 1. The Morgan fingerprint density at radius 3 is 2.54 bits per heavy atom. The summed E-state index contributed by atoms with van der Waals surface area (Å²) in [5, 5.41) is 2.83. The Morgan fingerprint density at radius 1 is 1.11 bits per heavy atom. The van der Waals surface area contributed by atoms with Crippen LogP contribution in [0, 0.1) is 5.92 Å². The van der Waals surface area contributed by atoms with Crippen molar-refractivity contribution >= 4 is 17.5 Å². The van der Waals surface area contributed by atoms with Crippen molar-refractivity contribution in [1.82, 2.24) is 9.80 Å². The summed E-state index contributed by atoms with van der Waals surface area (Å²) in [5.41, 5.74) is 0.669. The zero-order valence-electron chi connectivity index (χ0n) is 17.2. The third kappa shape index (κ3) is 6.23. The highest BCUT2D eigenvalue weighted by Crippen LogP contribution is 2.31. The molecule has 6 heteroatoms. The molecule has 3 rings (SSSR count). The van der Waals surface area contributed by atoms with Gasteiger partial charge in [-0.3, -0.25) is 14.5 Å². The van der Waals surface area contributed by atoms with Gasteiger partial charge in [-0.05, 0) is 43.7 Å². The number of anilines is 1. The molecule has 0 radical (unpaired) electrons. The number of hydrogen-bond acceptors (Lipinski definition) is 4. The van der Waals surface area contributed by atoms with E-state index < -0.39 is 0 Å². The van der Waals surface area contributed by atoms with Gasteiger partial charge in [-0.1, -0.05) is 25.3 Å². The van der Waals surface area contributed by atoms with Gasteiger partial charge in [0.05, 0.1) is 20.2 Å². The first kappa shape index (κ1) is 20.6. The van der Waals surface area contributed by atoms with Gasteiger partial charge in [-0.2, -0.15) is 0 Å². The van der Waals surface area contributed by atoms with Crippen molar-refractivity contribution in [3.63, 3.8) is 0 Å². The average Bonchev–Trinajstić information content (AvgIpc) is 3.53. The molecule has 2 saturated carbocycles. The average molecular weight is 388 g/mol. The molecule has 28 heavy (non-hydrogen) atoms.